The molecule has 0 atom stereocenters. The Morgan fingerprint density at radius 1 is 0.204 bits per heavy atom. The van der Waals surface area contributed by atoms with Gasteiger partial charge in [-0.3, -0.25) is 0 Å². The van der Waals surface area contributed by atoms with Crippen molar-refractivity contribution in [2.45, 2.75) is 0 Å². The molecule has 0 aliphatic carbocycles. The SMILES string of the molecule is c1ccc(-c2ccc(N(c3cc4c5c(c3)N(c3ccc([Si](c6ccccc6)(c6ccccc6)c6ccccc6)cc3)c3ccc([Si](c6ccccc6)(c6ccccc6)c6ccccc6)cc3B5c3cc(-c5ccccc5)ccc3N4c3cccc(-c4ccccc4)c3)c3ccccc3-c3ccccc3)cc2)cc1. The molecule has 108 heavy (non-hydrogen) atoms. The normalized spacial score (nSPS) is 12.2. The summed E-state index contributed by atoms with van der Waals surface area (Å²) in [5.74, 6) is 0. The third-order valence-electron chi connectivity index (χ3n) is 22.3. The lowest BCUT2D eigenvalue weighted by molar-refractivity contribution is 1.23. The summed E-state index contributed by atoms with van der Waals surface area (Å²) >= 11 is 0. The van der Waals surface area contributed by atoms with Gasteiger partial charge >= 0.3 is 0 Å². The minimum Gasteiger partial charge on any atom is -0.311 e. The first-order valence-electron chi connectivity index (χ1n) is 37.4. The van der Waals surface area contributed by atoms with Crippen LogP contribution in [0.2, 0.25) is 0 Å². The van der Waals surface area contributed by atoms with Gasteiger partial charge in [0.2, 0.25) is 0 Å². The summed E-state index contributed by atoms with van der Waals surface area (Å²) in [6.07, 6.45) is 0. The Balaban J connectivity index is 0.949. The highest BCUT2D eigenvalue weighted by atomic mass is 28.3. The lowest BCUT2D eigenvalue weighted by Crippen LogP contribution is -2.75. The van der Waals surface area contributed by atoms with Gasteiger partial charge in [-0.15, -0.1) is 0 Å². The molecule has 19 rings (SSSR count). The van der Waals surface area contributed by atoms with Crippen LogP contribution in [0, 0.1) is 0 Å². The van der Waals surface area contributed by atoms with Crippen LogP contribution in [0.4, 0.5) is 51.2 Å². The Bertz CT molecular complexity index is 5830. The highest BCUT2D eigenvalue weighted by Gasteiger charge is 2.48. The van der Waals surface area contributed by atoms with E-state index in [-0.39, 0.29) is 6.71 Å². The average Bonchev–Trinajstić information content (AvgIpc) is 0.689. The average molecular weight is 1410 g/mol. The van der Waals surface area contributed by atoms with Gasteiger partial charge in [-0.2, -0.15) is 0 Å². The van der Waals surface area contributed by atoms with Crippen molar-refractivity contribution in [1.82, 2.24) is 0 Å². The van der Waals surface area contributed by atoms with Crippen LogP contribution in [0.3, 0.4) is 0 Å². The molecule has 2 heterocycles. The Morgan fingerprint density at radius 2 is 0.537 bits per heavy atom. The molecule has 6 heteroatoms. The molecule has 3 nitrogen and oxygen atoms in total. The zero-order valence-electron chi connectivity index (χ0n) is 59.6. The predicted molar refractivity (Wildman–Crippen MR) is 464 cm³/mol. The first kappa shape index (κ1) is 65.4. The number of benzene rings is 17. The second-order valence-electron chi connectivity index (χ2n) is 28.2. The molecule has 508 valence electrons. The zero-order valence-corrected chi connectivity index (χ0v) is 61.6. The topological polar surface area (TPSA) is 9.72 Å². The number of para-hydroxylation sites is 1. The largest absolute Gasteiger partial charge is 0.311 e. The summed E-state index contributed by atoms with van der Waals surface area (Å²) in [7, 11) is -6.16. The monoisotopic (exact) mass is 1410 g/mol. The maximum atomic E-state index is 2.67. The van der Waals surface area contributed by atoms with Gasteiger partial charge in [-0.1, -0.05) is 382 Å². The standard InChI is InChI=1S/C102H74BN3Si2/c1-11-34-75(35-12-1)78-58-61-82(62-59-78)104(97-57-32-31-56-94(97)79-40-17-4-18-41-79)85-72-100-102-101(73-85)106(84-43-33-42-80(70-84)76-36-13-2-14-37-76)98-68-60-81(77-38-15-3-16-39-77)71-95(98)103(102)96-74-93(108(89-50-25-8-26-51-89,90-52-27-9-28-53-90)91-54-29-10-30-55-91)67-69-99(96)105(100)83-63-65-92(66-64-83)107(86-44-19-5-20-45-86,87-46-21-6-22-47-87)88-48-23-7-24-49-88/h1-74H. The maximum Gasteiger partial charge on any atom is 0.252 e. The van der Waals surface area contributed by atoms with Crippen LogP contribution in [-0.2, 0) is 0 Å². The van der Waals surface area contributed by atoms with Crippen molar-refractivity contribution < 1.29 is 0 Å². The van der Waals surface area contributed by atoms with E-state index in [0.717, 1.165) is 84.6 Å². The smallest absolute Gasteiger partial charge is 0.252 e. The van der Waals surface area contributed by atoms with Gasteiger partial charge in [0.15, 0.2) is 16.1 Å². The van der Waals surface area contributed by atoms with Crippen molar-refractivity contribution in [1.29, 1.82) is 0 Å². The molecular formula is C102H74BN3Si2. The number of hydrogen-bond donors (Lipinski definition) is 0. The fourth-order valence-corrected chi connectivity index (χ4v) is 27.1. The van der Waals surface area contributed by atoms with E-state index in [4.69, 9.17) is 0 Å². The molecule has 0 radical (unpaired) electrons. The van der Waals surface area contributed by atoms with E-state index in [1.807, 2.05) is 0 Å². The molecule has 17 aromatic carbocycles. The van der Waals surface area contributed by atoms with Crippen molar-refractivity contribution in [2.24, 2.45) is 0 Å². The van der Waals surface area contributed by atoms with Gasteiger partial charge in [0.05, 0.1) is 11.4 Å². The summed E-state index contributed by atoms with van der Waals surface area (Å²) < 4.78 is 0. The molecule has 0 unspecified atom stereocenters. The third-order valence-corrected chi connectivity index (χ3v) is 31.9. The van der Waals surface area contributed by atoms with Crippen molar-refractivity contribution >= 4 is 132 Å². The van der Waals surface area contributed by atoms with Crippen molar-refractivity contribution in [3.05, 3.63) is 449 Å². The van der Waals surface area contributed by atoms with E-state index in [2.05, 4.69) is 464 Å². The van der Waals surface area contributed by atoms with Crippen LogP contribution in [0.15, 0.2) is 449 Å². The number of anilines is 9. The van der Waals surface area contributed by atoms with Crippen molar-refractivity contribution in [3.63, 3.8) is 0 Å². The zero-order chi connectivity index (χ0) is 71.8. The summed E-state index contributed by atoms with van der Waals surface area (Å²) in [6.45, 7) is -0.278. The van der Waals surface area contributed by atoms with Gasteiger partial charge in [0.25, 0.3) is 6.71 Å². The molecule has 0 saturated heterocycles. The van der Waals surface area contributed by atoms with Gasteiger partial charge < -0.3 is 14.7 Å². The maximum absolute atomic E-state index is 3.16. The van der Waals surface area contributed by atoms with Gasteiger partial charge in [-0.25, -0.2) is 0 Å². The number of hydrogen-bond acceptors (Lipinski definition) is 3. The fraction of sp³-hybridized carbons (Fsp3) is 0. The summed E-state index contributed by atoms with van der Waals surface area (Å²) in [6, 6.07) is 169. The second-order valence-corrected chi connectivity index (χ2v) is 35.8. The molecule has 17 aromatic rings. The molecular weight excluding hydrogens is 1330 g/mol. The van der Waals surface area contributed by atoms with E-state index in [1.165, 1.54) is 69.0 Å². The Hall–Kier alpha value is -13.4. The van der Waals surface area contributed by atoms with Crippen LogP contribution in [0.25, 0.3) is 44.5 Å². The Kier molecular flexibility index (Phi) is 17.1. The molecule has 0 saturated carbocycles. The molecule has 0 fully saturated rings. The van der Waals surface area contributed by atoms with Gasteiger partial charge in [-0.05, 0) is 164 Å². The number of nitrogens with zero attached hydrogens (tertiary/aromatic N) is 3. The van der Waals surface area contributed by atoms with Crippen LogP contribution in [0.1, 0.15) is 0 Å². The minimum absolute atomic E-state index is 0.278. The van der Waals surface area contributed by atoms with E-state index in [9.17, 15) is 0 Å². The van der Waals surface area contributed by atoms with Crippen LogP contribution < -0.4 is 72.6 Å². The number of rotatable bonds is 17. The van der Waals surface area contributed by atoms with Crippen LogP contribution in [-0.4, -0.2) is 22.9 Å². The van der Waals surface area contributed by atoms with Crippen molar-refractivity contribution in [3.8, 4) is 44.5 Å². The summed E-state index contributed by atoms with van der Waals surface area (Å²) in [5, 5.41) is 10.6. The van der Waals surface area contributed by atoms with E-state index >= 15 is 0 Å². The first-order chi connectivity index (χ1) is 53.6. The molecule has 2 aliphatic rings. The Labute approximate surface area is 635 Å². The van der Waals surface area contributed by atoms with E-state index < -0.39 is 16.1 Å². The highest BCUT2D eigenvalue weighted by Crippen LogP contribution is 2.50. The van der Waals surface area contributed by atoms with Gasteiger partial charge in [0, 0.05) is 45.4 Å². The molecule has 0 spiro atoms. The quantitative estimate of drug-likeness (QED) is 0.0664. The predicted octanol–water partition coefficient (Wildman–Crippen LogP) is 18.7. The van der Waals surface area contributed by atoms with E-state index in [0.29, 0.717) is 0 Å². The fourth-order valence-electron chi connectivity index (χ4n) is 17.6. The molecule has 0 amide bonds. The summed E-state index contributed by atoms with van der Waals surface area (Å²) in [5.41, 5.74) is 22.6. The summed E-state index contributed by atoms with van der Waals surface area (Å²) in [4.78, 5) is 7.76. The van der Waals surface area contributed by atoms with Gasteiger partial charge in [0.1, 0.15) is 0 Å². The molecule has 0 N–H and O–H groups in total. The third kappa shape index (κ3) is 11.4. The molecule has 0 bridgehead atoms. The first-order valence-corrected chi connectivity index (χ1v) is 41.4. The number of fused-ring (bicyclic) bond motifs is 4. The van der Waals surface area contributed by atoms with Crippen LogP contribution >= 0.6 is 0 Å². The second kappa shape index (κ2) is 28.3. The van der Waals surface area contributed by atoms with Crippen molar-refractivity contribution in [2.75, 3.05) is 14.7 Å². The van der Waals surface area contributed by atoms with Crippen LogP contribution in [0.5, 0.6) is 0 Å². The molecule has 2 aliphatic heterocycles. The lowest BCUT2D eigenvalue weighted by Gasteiger charge is -2.46. The minimum atomic E-state index is -3.16. The highest BCUT2D eigenvalue weighted by molar-refractivity contribution is 7.20. The lowest BCUT2D eigenvalue weighted by atomic mass is 9.33. The molecule has 0 aromatic heterocycles. The van der Waals surface area contributed by atoms with E-state index in [1.54, 1.807) is 0 Å². The Morgan fingerprint density at radius 3 is 1.01 bits per heavy atom.